The monoisotopic (exact) mass is 279 g/mol. The van der Waals surface area contributed by atoms with Gasteiger partial charge in [0.25, 0.3) is 0 Å². The molecule has 1 aromatic rings. The van der Waals surface area contributed by atoms with Gasteiger partial charge in [-0.05, 0) is 49.8 Å². The molecule has 2 rings (SSSR count). The van der Waals surface area contributed by atoms with Gasteiger partial charge in [0.1, 0.15) is 6.04 Å². The van der Waals surface area contributed by atoms with Crippen molar-refractivity contribution in [3.8, 4) is 0 Å². The molecule has 3 N–H and O–H groups in total. The molecule has 1 aliphatic carbocycles. The Morgan fingerprint density at radius 2 is 2.11 bits per heavy atom. The molecule has 0 aromatic heterocycles. The average Bonchev–Trinajstić information content (AvgIpc) is 2.82. The van der Waals surface area contributed by atoms with Gasteiger partial charge in [0.15, 0.2) is 0 Å². The van der Waals surface area contributed by atoms with E-state index in [1.807, 2.05) is 13.8 Å². The minimum absolute atomic E-state index is 0.467. The van der Waals surface area contributed by atoms with Gasteiger partial charge in [0, 0.05) is 10.5 Å². The average molecular weight is 279 g/mol. The Kier molecular flexibility index (Phi) is 4.21. The molecule has 19 heavy (non-hydrogen) atoms. The second-order valence-electron chi connectivity index (χ2n) is 5.66. The zero-order valence-corrected chi connectivity index (χ0v) is 12.3. The molecule has 4 heteroatoms. The Hall–Kier alpha value is -1.00. The summed E-state index contributed by atoms with van der Waals surface area (Å²) >= 11 is 1.61. The second kappa shape index (κ2) is 5.55. The first kappa shape index (κ1) is 14.4. The molecule has 104 valence electrons. The van der Waals surface area contributed by atoms with Gasteiger partial charge in [0.05, 0.1) is 0 Å². The fourth-order valence-corrected chi connectivity index (χ4v) is 3.37. The Bertz CT molecular complexity index is 485. The van der Waals surface area contributed by atoms with Crippen molar-refractivity contribution in [3.63, 3.8) is 0 Å². The molecule has 1 aliphatic rings. The lowest BCUT2D eigenvalue weighted by Crippen LogP contribution is -2.46. The molecular weight excluding hydrogens is 258 g/mol. The zero-order chi connectivity index (χ0) is 14.0. The molecular formula is C15H21NO2S. The van der Waals surface area contributed by atoms with Gasteiger partial charge < -0.3 is 10.8 Å². The maximum atomic E-state index is 11.0. The van der Waals surface area contributed by atoms with Crippen molar-refractivity contribution in [3.05, 3.63) is 34.9 Å². The summed E-state index contributed by atoms with van der Waals surface area (Å²) in [6.45, 7) is 3.79. The van der Waals surface area contributed by atoms with E-state index < -0.39 is 16.8 Å². The van der Waals surface area contributed by atoms with Crippen LogP contribution < -0.4 is 5.73 Å². The lowest BCUT2D eigenvalue weighted by molar-refractivity contribution is -0.139. The third kappa shape index (κ3) is 3.31. The number of benzene rings is 1. The van der Waals surface area contributed by atoms with Crippen LogP contribution in [0.1, 0.15) is 37.0 Å². The lowest BCUT2D eigenvalue weighted by Gasteiger charge is -2.28. The SMILES string of the molecule is CC(C)(SCc1ccc2c(c1)CCC2)[C@@H](N)C(=O)O. The third-order valence-electron chi connectivity index (χ3n) is 3.79. The van der Waals surface area contributed by atoms with Gasteiger partial charge in [-0.25, -0.2) is 0 Å². The molecule has 0 amide bonds. The molecule has 0 saturated heterocycles. The second-order valence-corrected chi connectivity index (χ2v) is 7.29. The Balaban J connectivity index is 2.00. The predicted molar refractivity (Wildman–Crippen MR) is 79.5 cm³/mol. The summed E-state index contributed by atoms with van der Waals surface area (Å²) in [5.41, 5.74) is 9.91. The maximum Gasteiger partial charge on any atom is 0.321 e. The van der Waals surface area contributed by atoms with E-state index in [0.717, 1.165) is 5.75 Å². The summed E-state index contributed by atoms with van der Waals surface area (Å²) < 4.78 is -0.467. The standard InChI is InChI=1S/C15H21NO2S/c1-15(2,13(16)14(17)18)19-9-10-6-7-11-4-3-5-12(11)8-10/h6-8,13H,3-5,9,16H2,1-2H3,(H,17,18)/t13-/m0/s1. The highest BCUT2D eigenvalue weighted by Crippen LogP contribution is 2.32. The van der Waals surface area contributed by atoms with Crippen molar-refractivity contribution in [2.24, 2.45) is 5.73 Å². The minimum Gasteiger partial charge on any atom is -0.480 e. The van der Waals surface area contributed by atoms with E-state index >= 15 is 0 Å². The predicted octanol–water partition coefficient (Wildman–Crippen LogP) is 2.60. The van der Waals surface area contributed by atoms with Crippen LogP contribution in [-0.4, -0.2) is 21.9 Å². The van der Waals surface area contributed by atoms with Gasteiger partial charge in [0.2, 0.25) is 0 Å². The highest BCUT2D eigenvalue weighted by molar-refractivity contribution is 7.99. The van der Waals surface area contributed by atoms with E-state index in [0.29, 0.717) is 0 Å². The quantitative estimate of drug-likeness (QED) is 0.869. The normalized spacial score (nSPS) is 16.2. The topological polar surface area (TPSA) is 63.3 Å². The van der Waals surface area contributed by atoms with Gasteiger partial charge >= 0.3 is 5.97 Å². The van der Waals surface area contributed by atoms with Crippen LogP contribution in [-0.2, 0) is 23.4 Å². The summed E-state index contributed by atoms with van der Waals surface area (Å²) in [6.07, 6.45) is 3.62. The molecule has 0 spiro atoms. The molecule has 1 aromatic carbocycles. The van der Waals surface area contributed by atoms with Crippen molar-refractivity contribution in [2.75, 3.05) is 0 Å². The van der Waals surface area contributed by atoms with Crippen molar-refractivity contribution in [1.82, 2.24) is 0 Å². The number of aryl methyl sites for hydroxylation is 2. The van der Waals surface area contributed by atoms with Crippen LogP contribution in [0.3, 0.4) is 0 Å². The van der Waals surface area contributed by atoms with Crippen LogP contribution in [0.5, 0.6) is 0 Å². The zero-order valence-electron chi connectivity index (χ0n) is 11.5. The van der Waals surface area contributed by atoms with Crippen molar-refractivity contribution in [1.29, 1.82) is 0 Å². The van der Waals surface area contributed by atoms with Gasteiger partial charge in [-0.2, -0.15) is 0 Å². The number of carboxylic acids is 1. The molecule has 0 heterocycles. The first-order valence-corrected chi connectivity index (χ1v) is 7.62. The van der Waals surface area contributed by atoms with Crippen molar-refractivity contribution in [2.45, 2.75) is 49.7 Å². The van der Waals surface area contributed by atoms with Gasteiger partial charge in [-0.1, -0.05) is 18.2 Å². The minimum atomic E-state index is -0.938. The molecule has 0 fully saturated rings. The Labute approximate surface area is 118 Å². The lowest BCUT2D eigenvalue weighted by atomic mass is 10.1. The first-order chi connectivity index (χ1) is 8.90. The number of nitrogens with two attached hydrogens (primary N) is 1. The molecule has 0 saturated carbocycles. The van der Waals surface area contributed by atoms with Crippen LogP contribution >= 0.6 is 11.8 Å². The highest BCUT2D eigenvalue weighted by Gasteiger charge is 2.32. The fraction of sp³-hybridized carbons (Fsp3) is 0.533. The molecule has 0 unspecified atom stereocenters. The number of carboxylic acid groups (broad SMARTS) is 1. The molecule has 0 aliphatic heterocycles. The first-order valence-electron chi connectivity index (χ1n) is 6.63. The summed E-state index contributed by atoms with van der Waals surface area (Å²) in [7, 11) is 0. The van der Waals surface area contributed by atoms with Crippen molar-refractivity contribution >= 4 is 17.7 Å². The number of carbonyl (C=O) groups is 1. The Morgan fingerprint density at radius 3 is 2.79 bits per heavy atom. The summed E-state index contributed by atoms with van der Waals surface area (Å²) in [5.74, 6) is -0.132. The smallest absolute Gasteiger partial charge is 0.321 e. The number of thioether (sulfide) groups is 1. The van der Waals surface area contributed by atoms with Crippen LogP contribution in [0.2, 0.25) is 0 Å². The van der Waals surface area contributed by atoms with E-state index in [-0.39, 0.29) is 0 Å². The number of aliphatic carboxylic acids is 1. The third-order valence-corrected chi connectivity index (χ3v) is 5.26. The summed E-state index contributed by atoms with van der Waals surface area (Å²) in [5, 5.41) is 9.00. The number of rotatable bonds is 5. The summed E-state index contributed by atoms with van der Waals surface area (Å²) in [6, 6.07) is 5.78. The van der Waals surface area contributed by atoms with Crippen LogP contribution in [0.25, 0.3) is 0 Å². The van der Waals surface area contributed by atoms with E-state index in [9.17, 15) is 4.79 Å². The molecule has 0 bridgehead atoms. The molecule has 3 nitrogen and oxygen atoms in total. The highest BCUT2D eigenvalue weighted by atomic mass is 32.2. The number of fused-ring (bicyclic) bond motifs is 1. The van der Waals surface area contributed by atoms with Gasteiger partial charge in [-0.15, -0.1) is 11.8 Å². The summed E-state index contributed by atoms with van der Waals surface area (Å²) in [4.78, 5) is 11.0. The van der Waals surface area contributed by atoms with Gasteiger partial charge in [-0.3, -0.25) is 4.79 Å². The molecule has 0 radical (unpaired) electrons. The number of hydrogen-bond donors (Lipinski definition) is 2. The molecule has 1 atom stereocenters. The van der Waals surface area contributed by atoms with Crippen LogP contribution in [0.15, 0.2) is 18.2 Å². The van der Waals surface area contributed by atoms with E-state index in [4.69, 9.17) is 10.8 Å². The van der Waals surface area contributed by atoms with E-state index in [2.05, 4.69) is 18.2 Å². The largest absolute Gasteiger partial charge is 0.480 e. The fourth-order valence-electron chi connectivity index (χ4n) is 2.37. The van der Waals surface area contributed by atoms with E-state index in [1.54, 1.807) is 11.8 Å². The Morgan fingerprint density at radius 1 is 1.42 bits per heavy atom. The number of hydrogen-bond acceptors (Lipinski definition) is 3. The van der Waals surface area contributed by atoms with Crippen LogP contribution in [0, 0.1) is 0 Å². The van der Waals surface area contributed by atoms with E-state index in [1.165, 1.54) is 36.0 Å². The van der Waals surface area contributed by atoms with Crippen molar-refractivity contribution < 1.29 is 9.90 Å². The van der Waals surface area contributed by atoms with Crippen LogP contribution in [0.4, 0.5) is 0 Å². The maximum absolute atomic E-state index is 11.0.